The van der Waals surface area contributed by atoms with E-state index in [2.05, 4.69) is 240 Å². The van der Waals surface area contributed by atoms with Crippen LogP contribution in [0.3, 0.4) is 0 Å². The van der Waals surface area contributed by atoms with E-state index in [1.54, 1.807) is 0 Å². The third-order valence-corrected chi connectivity index (χ3v) is 11.7. The number of nitrogens with zero attached hydrogens (tertiary/aromatic N) is 2. The van der Waals surface area contributed by atoms with E-state index in [-0.39, 0.29) is 0 Å². The number of fused-ring (bicyclic) bond motifs is 3. The third-order valence-electron chi connectivity index (χ3n) is 10.6. The minimum absolute atomic E-state index is 1.07. The molecular weight excluding hydrogens is 709 g/mol. The van der Waals surface area contributed by atoms with Crippen molar-refractivity contribution in [1.82, 2.24) is 0 Å². The first kappa shape index (κ1) is 34.3. The topological polar surface area (TPSA) is 6.48 Å². The third kappa shape index (κ3) is 6.86. The van der Waals surface area contributed by atoms with E-state index < -0.39 is 0 Å². The Morgan fingerprint density at radius 2 is 0.632 bits per heavy atom. The predicted molar refractivity (Wildman–Crippen MR) is 245 cm³/mol. The SMILES string of the molecule is c1ccc(-c2cccc(N(c3ccccc3)c3cc(-c4ccc5c(c4)sc4ccccc45)cc(N(c4ccccc4)c4cccc(-c5ccccc5)c4)c3)c2)cc1. The summed E-state index contributed by atoms with van der Waals surface area (Å²) in [6.45, 7) is 0. The summed E-state index contributed by atoms with van der Waals surface area (Å²) in [5.41, 5.74) is 13.5. The lowest BCUT2D eigenvalue weighted by Gasteiger charge is -2.30. The van der Waals surface area contributed by atoms with Crippen molar-refractivity contribution in [2.75, 3.05) is 9.80 Å². The Morgan fingerprint density at radius 1 is 0.228 bits per heavy atom. The Kier molecular flexibility index (Phi) is 9.11. The molecule has 0 saturated heterocycles. The molecule has 3 heteroatoms. The molecule has 270 valence electrons. The van der Waals surface area contributed by atoms with E-state index in [0.717, 1.165) is 39.7 Å². The van der Waals surface area contributed by atoms with Crippen molar-refractivity contribution in [2.45, 2.75) is 0 Å². The molecule has 1 aromatic heterocycles. The molecule has 9 aromatic carbocycles. The fourth-order valence-electron chi connectivity index (χ4n) is 7.88. The second-order valence-electron chi connectivity index (χ2n) is 14.2. The van der Waals surface area contributed by atoms with Gasteiger partial charge in [-0.05, 0) is 112 Å². The van der Waals surface area contributed by atoms with Crippen LogP contribution in [-0.4, -0.2) is 0 Å². The zero-order chi connectivity index (χ0) is 38.0. The van der Waals surface area contributed by atoms with Gasteiger partial charge in [-0.2, -0.15) is 0 Å². The first-order valence-electron chi connectivity index (χ1n) is 19.3. The monoisotopic (exact) mass is 746 g/mol. The van der Waals surface area contributed by atoms with Crippen LogP contribution >= 0.6 is 11.3 Å². The number of para-hydroxylation sites is 2. The Hall–Kier alpha value is -7.20. The van der Waals surface area contributed by atoms with Crippen LogP contribution in [0.2, 0.25) is 0 Å². The Morgan fingerprint density at radius 3 is 1.18 bits per heavy atom. The lowest BCUT2D eigenvalue weighted by Crippen LogP contribution is -2.13. The molecule has 57 heavy (non-hydrogen) atoms. The second kappa shape index (κ2) is 15.1. The number of thiophene rings is 1. The quantitative estimate of drug-likeness (QED) is 0.145. The van der Waals surface area contributed by atoms with Crippen LogP contribution in [0.15, 0.2) is 231 Å². The normalized spacial score (nSPS) is 11.2. The van der Waals surface area contributed by atoms with E-state index in [9.17, 15) is 0 Å². The molecule has 0 aliphatic carbocycles. The summed E-state index contributed by atoms with van der Waals surface area (Å²) in [5, 5.41) is 2.60. The first-order valence-corrected chi connectivity index (χ1v) is 20.1. The highest BCUT2D eigenvalue weighted by atomic mass is 32.1. The van der Waals surface area contributed by atoms with Crippen LogP contribution < -0.4 is 9.80 Å². The molecule has 2 nitrogen and oxygen atoms in total. The van der Waals surface area contributed by atoms with Gasteiger partial charge in [-0.15, -0.1) is 11.3 Å². The largest absolute Gasteiger partial charge is 0.310 e. The van der Waals surface area contributed by atoms with Crippen molar-refractivity contribution >= 4 is 65.6 Å². The van der Waals surface area contributed by atoms with E-state index in [1.165, 1.54) is 48.0 Å². The summed E-state index contributed by atoms with van der Waals surface area (Å²) < 4.78 is 2.59. The molecule has 0 atom stereocenters. The smallest absolute Gasteiger partial charge is 0.0488 e. The van der Waals surface area contributed by atoms with Crippen LogP contribution in [0, 0.1) is 0 Å². The van der Waals surface area contributed by atoms with Crippen molar-refractivity contribution in [3.63, 3.8) is 0 Å². The number of rotatable bonds is 9. The number of hydrogen-bond donors (Lipinski definition) is 0. The van der Waals surface area contributed by atoms with Gasteiger partial charge in [0, 0.05) is 54.3 Å². The average Bonchev–Trinajstić information content (AvgIpc) is 3.66. The van der Waals surface area contributed by atoms with Crippen molar-refractivity contribution in [3.05, 3.63) is 231 Å². The molecule has 1 heterocycles. The van der Waals surface area contributed by atoms with Gasteiger partial charge in [-0.1, -0.05) is 152 Å². The molecule has 0 aliphatic rings. The molecule has 0 fully saturated rings. The minimum Gasteiger partial charge on any atom is -0.310 e. The van der Waals surface area contributed by atoms with E-state index >= 15 is 0 Å². The van der Waals surface area contributed by atoms with E-state index in [1.807, 2.05) is 11.3 Å². The summed E-state index contributed by atoms with van der Waals surface area (Å²) in [7, 11) is 0. The molecule has 0 aliphatic heterocycles. The van der Waals surface area contributed by atoms with Gasteiger partial charge in [-0.3, -0.25) is 0 Å². The van der Waals surface area contributed by atoms with Gasteiger partial charge < -0.3 is 9.80 Å². The van der Waals surface area contributed by atoms with Crippen molar-refractivity contribution in [1.29, 1.82) is 0 Å². The summed E-state index contributed by atoms with van der Waals surface area (Å²) in [6, 6.07) is 83.2. The lowest BCUT2D eigenvalue weighted by atomic mass is 9.99. The zero-order valence-electron chi connectivity index (χ0n) is 31.2. The van der Waals surface area contributed by atoms with Gasteiger partial charge in [0.25, 0.3) is 0 Å². The predicted octanol–water partition coefficient (Wildman–Crippen LogP) is 16.0. The highest BCUT2D eigenvalue weighted by molar-refractivity contribution is 7.25. The van der Waals surface area contributed by atoms with Gasteiger partial charge in [0.2, 0.25) is 0 Å². The summed E-state index contributed by atoms with van der Waals surface area (Å²) in [4.78, 5) is 4.78. The number of benzene rings is 9. The summed E-state index contributed by atoms with van der Waals surface area (Å²) in [5.74, 6) is 0. The zero-order valence-corrected chi connectivity index (χ0v) is 32.1. The maximum atomic E-state index is 2.39. The molecule has 0 N–H and O–H groups in total. The second-order valence-corrected chi connectivity index (χ2v) is 15.3. The molecule has 0 spiro atoms. The van der Waals surface area contributed by atoms with Gasteiger partial charge in [0.05, 0.1) is 0 Å². The van der Waals surface area contributed by atoms with Gasteiger partial charge in [-0.25, -0.2) is 0 Å². The fourth-order valence-corrected chi connectivity index (χ4v) is 9.03. The molecule has 0 radical (unpaired) electrons. The van der Waals surface area contributed by atoms with Crippen LogP contribution in [0.4, 0.5) is 34.1 Å². The van der Waals surface area contributed by atoms with Crippen LogP contribution in [-0.2, 0) is 0 Å². The molecule has 0 bridgehead atoms. The number of anilines is 6. The van der Waals surface area contributed by atoms with Gasteiger partial charge in [0.15, 0.2) is 0 Å². The first-order chi connectivity index (χ1) is 28.2. The Labute approximate surface area is 337 Å². The van der Waals surface area contributed by atoms with Crippen molar-refractivity contribution in [3.8, 4) is 33.4 Å². The summed E-state index contributed by atoms with van der Waals surface area (Å²) >= 11 is 1.86. The van der Waals surface area contributed by atoms with Crippen LogP contribution in [0.5, 0.6) is 0 Å². The maximum absolute atomic E-state index is 2.39. The Balaban J connectivity index is 1.22. The Bertz CT molecular complexity index is 2810. The maximum Gasteiger partial charge on any atom is 0.0488 e. The average molecular weight is 747 g/mol. The fraction of sp³-hybridized carbons (Fsp3) is 0. The highest BCUT2D eigenvalue weighted by Gasteiger charge is 2.20. The van der Waals surface area contributed by atoms with Gasteiger partial charge in [0.1, 0.15) is 0 Å². The van der Waals surface area contributed by atoms with Gasteiger partial charge >= 0.3 is 0 Å². The number of hydrogen-bond acceptors (Lipinski definition) is 3. The molecule has 0 amide bonds. The van der Waals surface area contributed by atoms with Crippen LogP contribution in [0.1, 0.15) is 0 Å². The molecule has 10 rings (SSSR count). The lowest BCUT2D eigenvalue weighted by molar-refractivity contribution is 1.25. The van der Waals surface area contributed by atoms with Crippen molar-refractivity contribution < 1.29 is 0 Å². The van der Waals surface area contributed by atoms with E-state index in [4.69, 9.17) is 0 Å². The molecule has 0 unspecified atom stereocenters. The molecule has 0 saturated carbocycles. The molecular formula is C54H38N2S. The molecule has 10 aromatic rings. The minimum atomic E-state index is 1.07. The van der Waals surface area contributed by atoms with E-state index in [0.29, 0.717) is 0 Å². The summed E-state index contributed by atoms with van der Waals surface area (Å²) in [6.07, 6.45) is 0. The van der Waals surface area contributed by atoms with Crippen LogP contribution in [0.25, 0.3) is 53.6 Å². The highest BCUT2D eigenvalue weighted by Crippen LogP contribution is 2.45. The van der Waals surface area contributed by atoms with Crippen molar-refractivity contribution in [2.24, 2.45) is 0 Å². The standard InChI is InChI=1S/C54H38N2S/c1-5-17-39(18-6-1)41-21-15-27-47(33-41)55(45-23-9-3-10-24-45)49-35-44(43-31-32-52-51-29-13-14-30-53(51)57-54(52)37-43)36-50(38-49)56(46-25-11-4-12-26-46)48-28-16-22-42(34-48)40-19-7-2-8-20-40/h1-38H.